The van der Waals surface area contributed by atoms with Gasteiger partial charge in [0.05, 0.1) is 16.9 Å². The van der Waals surface area contributed by atoms with Crippen LogP contribution in [0.5, 0.6) is 0 Å². The summed E-state index contributed by atoms with van der Waals surface area (Å²) in [6.45, 7) is 26.4. The number of aryl methyl sites for hydroxylation is 1. The summed E-state index contributed by atoms with van der Waals surface area (Å²) in [6.07, 6.45) is 7.02. The first-order valence-electron chi connectivity index (χ1n) is 27.7. The number of hydrogen-bond donors (Lipinski definition) is 0. The molecule has 8 aromatic carbocycles. The number of anilines is 8. The lowest BCUT2D eigenvalue weighted by molar-refractivity contribution is 0.195. The monoisotopic (exact) mass is 966 g/mol. The van der Waals surface area contributed by atoms with Crippen molar-refractivity contribution in [3.63, 3.8) is 0 Å². The van der Waals surface area contributed by atoms with E-state index in [-0.39, 0.29) is 33.9 Å². The normalized spacial score (nSPS) is 20.1. The van der Waals surface area contributed by atoms with Crippen LogP contribution in [0.4, 0.5) is 45.5 Å². The highest BCUT2D eigenvalue weighted by molar-refractivity contribution is 7.00. The van der Waals surface area contributed by atoms with E-state index >= 15 is 0 Å². The lowest BCUT2D eigenvalue weighted by Crippen LogP contribution is -2.62. The Labute approximate surface area is 442 Å². The van der Waals surface area contributed by atoms with E-state index in [1.165, 1.54) is 137 Å². The van der Waals surface area contributed by atoms with Gasteiger partial charge in [0.2, 0.25) is 0 Å². The standard InChI is InChI=1S/C70H72BN3/c1-45-36-63-65-64(37-45)73(59-32-29-51(67(5,6)7)41-54(59)47-24-16-13-17-25-47)62-39-49-44-68(8,9)43-48(49)38-56(62)71(65)57-42-52(74-60-27-19-18-26-55(60)69(10)34-20-21-35-70(69,74)11)30-33-61(57)72(63)58-31-28-50(66(2,3)4)40-53(58)46-22-14-12-15-23-46/h12-19,22-33,36-42H,20-21,34-35,43-44H2,1-11H3. The third-order valence-electron chi connectivity index (χ3n) is 18.5. The quantitative estimate of drug-likeness (QED) is 0.159. The molecule has 0 amide bonds. The van der Waals surface area contributed by atoms with Crippen molar-refractivity contribution in [3.8, 4) is 22.3 Å². The van der Waals surface area contributed by atoms with E-state index in [0.717, 1.165) is 19.3 Å². The van der Waals surface area contributed by atoms with Crippen LogP contribution in [0.2, 0.25) is 0 Å². The van der Waals surface area contributed by atoms with E-state index in [1.54, 1.807) is 0 Å². The maximum Gasteiger partial charge on any atom is 0.252 e. The van der Waals surface area contributed by atoms with Gasteiger partial charge in [0.15, 0.2) is 0 Å². The fourth-order valence-corrected chi connectivity index (χ4v) is 14.5. The topological polar surface area (TPSA) is 9.72 Å². The molecular weight excluding hydrogens is 894 g/mol. The van der Waals surface area contributed by atoms with Crippen molar-refractivity contribution >= 4 is 68.6 Å². The Morgan fingerprint density at radius 2 is 0.973 bits per heavy atom. The second kappa shape index (κ2) is 16.4. The van der Waals surface area contributed by atoms with Crippen molar-refractivity contribution in [2.75, 3.05) is 14.7 Å². The van der Waals surface area contributed by atoms with Crippen LogP contribution in [0.1, 0.15) is 128 Å². The van der Waals surface area contributed by atoms with Gasteiger partial charge in [0, 0.05) is 50.7 Å². The molecule has 4 heteroatoms. The lowest BCUT2D eigenvalue weighted by atomic mass is 9.33. The average molecular weight is 966 g/mol. The predicted octanol–water partition coefficient (Wildman–Crippen LogP) is 16.9. The molecule has 74 heavy (non-hydrogen) atoms. The molecule has 0 saturated heterocycles. The SMILES string of the molecule is Cc1cc2c3c(c1)N(c1ccc(C(C)(C)C)cc1-c1ccccc1)c1cc4c(cc1B3c1cc(N3c5ccccc5C5(C)CCCCC35C)ccc1N2c1ccc(C(C)(C)C)cc1-c1ccccc1)CC(C)(C)C4. The fourth-order valence-electron chi connectivity index (χ4n) is 14.5. The van der Waals surface area contributed by atoms with Gasteiger partial charge in [-0.3, -0.25) is 0 Å². The van der Waals surface area contributed by atoms with Gasteiger partial charge in [-0.2, -0.15) is 0 Å². The van der Waals surface area contributed by atoms with E-state index in [4.69, 9.17) is 0 Å². The molecule has 0 radical (unpaired) electrons. The predicted molar refractivity (Wildman–Crippen MR) is 317 cm³/mol. The van der Waals surface area contributed by atoms with Gasteiger partial charge in [-0.15, -0.1) is 0 Å². The van der Waals surface area contributed by atoms with E-state index < -0.39 is 0 Å². The Morgan fingerprint density at radius 1 is 0.459 bits per heavy atom. The van der Waals surface area contributed by atoms with Crippen molar-refractivity contribution < 1.29 is 0 Å². The molecule has 2 aliphatic carbocycles. The van der Waals surface area contributed by atoms with Gasteiger partial charge >= 0.3 is 0 Å². The second-order valence-corrected chi connectivity index (χ2v) is 26.1. The number of nitrogens with zero attached hydrogens (tertiary/aromatic N) is 3. The van der Waals surface area contributed by atoms with E-state index in [2.05, 4.69) is 255 Å². The Balaban J connectivity index is 1.14. The lowest BCUT2D eigenvalue weighted by Gasteiger charge is -2.50. The minimum atomic E-state index is -0.0678. The van der Waals surface area contributed by atoms with Crippen LogP contribution in [-0.2, 0) is 29.1 Å². The van der Waals surface area contributed by atoms with Crippen LogP contribution in [0, 0.1) is 12.3 Å². The van der Waals surface area contributed by atoms with Crippen LogP contribution in [0.25, 0.3) is 22.3 Å². The highest BCUT2D eigenvalue weighted by atomic mass is 15.3. The maximum atomic E-state index is 2.79. The summed E-state index contributed by atoms with van der Waals surface area (Å²) >= 11 is 0. The van der Waals surface area contributed by atoms with Crippen LogP contribution >= 0.6 is 0 Å². The number of hydrogen-bond acceptors (Lipinski definition) is 3. The molecule has 0 aromatic heterocycles. The van der Waals surface area contributed by atoms with Gasteiger partial charge < -0.3 is 14.7 Å². The highest BCUT2D eigenvalue weighted by Crippen LogP contribution is 2.61. The van der Waals surface area contributed by atoms with Crippen molar-refractivity contribution in [2.45, 2.75) is 136 Å². The van der Waals surface area contributed by atoms with Crippen LogP contribution in [0.15, 0.2) is 164 Å². The minimum absolute atomic E-state index is 0.0153. The van der Waals surface area contributed by atoms with Crippen molar-refractivity contribution in [2.24, 2.45) is 5.41 Å². The number of para-hydroxylation sites is 1. The van der Waals surface area contributed by atoms with Gasteiger partial charge in [-0.25, -0.2) is 0 Å². The Bertz CT molecular complexity index is 3580. The molecule has 0 N–H and O–H groups in total. The first-order chi connectivity index (χ1) is 35.3. The van der Waals surface area contributed by atoms with Crippen LogP contribution in [0.3, 0.4) is 0 Å². The average Bonchev–Trinajstić information content (AvgIpc) is 3.80. The van der Waals surface area contributed by atoms with Gasteiger partial charge in [-0.05, 0) is 183 Å². The van der Waals surface area contributed by atoms with Crippen molar-refractivity contribution in [1.29, 1.82) is 0 Å². The van der Waals surface area contributed by atoms with Crippen LogP contribution in [-0.4, -0.2) is 12.3 Å². The molecule has 2 atom stereocenters. The van der Waals surface area contributed by atoms with E-state index in [9.17, 15) is 0 Å². The molecule has 0 bridgehead atoms. The summed E-state index contributed by atoms with van der Waals surface area (Å²) in [6, 6.07) is 64.2. The number of benzene rings is 8. The summed E-state index contributed by atoms with van der Waals surface area (Å²) in [5.41, 5.74) is 27.8. The molecule has 8 aromatic rings. The zero-order valence-corrected chi connectivity index (χ0v) is 45.8. The molecule has 3 nitrogen and oxygen atoms in total. The molecule has 1 fully saturated rings. The minimum Gasteiger partial charge on any atom is -0.334 e. The second-order valence-electron chi connectivity index (χ2n) is 26.1. The van der Waals surface area contributed by atoms with E-state index in [1.807, 2.05) is 0 Å². The zero-order chi connectivity index (χ0) is 51.3. The largest absolute Gasteiger partial charge is 0.334 e. The molecule has 3 heterocycles. The Hall–Kier alpha value is -6.78. The zero-order valence-electron chi connectivity index (χ0n) is 45.8. The molecule has 13 rings (SSSR count). The third kappa shape index (κ3) is 7.06. The van der Waals surface area contributed by atoms with Crippen molar-refractivity contribution in [3.05, 3.63) is 197 Å². The third-order valence-corrected chi connectivity index (χ3v) is 18.5. The molecule has 2 unspecified atom stereocenters. The first-order valence-corrected chi connectivity index (χ1v) is 27.7. The van der Waals surface area contributed by atoms with Gasteiger partial charge in [0.1, 0.15) is 0 Å². The fraction of sp³-hybridized carbons (Fsp3) is 0.314. The van der Waals surface area contributed by atoms with E-state index in [0.29, 0.717) is 0 Å². The van der Waals surface area contributed by atoms with Gasteiger partial charge in [-0.1, -0.05) is 172 Å². The molecule has 0 spiro atoms. The molecule has 370 valence electrons. The Kier molecular flexibility index (Phi) is 10.4. The molecule has 1 saturated carbocycles. The summed E-state index contributed by atoms with van der Waals surface area (Å²) in [4.78, 5) is 8.15. The number of rotatable bonds is 5. The highest BCUT2D eigenvalue weighted by Gasteiger charge is 2.58. The molecular formula is C70H72BN3. The summed E-state index contributed by atoms with van der Waals surface area (Å²) in [7, 11) is 0. The summed E-state index contributed by atoms with van der Waals surface area (Å²) < 4.78 is 0. The first kappa shape index (κ1) is 47.0. The smallest absolute Gasteiger partial charge is 0.252 e. The Morgan fingerprint density at radius 3 is 1.57 bits per heavy atom. The van der Waals surface area contributed by atoms with Crippen LogP contribution < -0.4 is 31.1 Å². The van der Waals surface area contributed by atoms with Gasteiger partial charge in [0.25, 0.3) is 6.71 Å². The molecule has 5 aliphatic rings. The number of fused-ring (bicyclic) bond motifs is 8. The van der Waals surface area contributed by atoms with Crippen molar-refractivity contribution in [1.82, 2.24) is 0 Å². The maximum absolute atomic E-state index is 2.79. The molecule has 3 aliphatic heterocycles. The summed E-state index contributed by atoms with van der Waals surface area (Å²) in [5, 5.41) is 0. The summed E-state index contributed by atoms with van der Waals surface area (Å²) in [5.74, 6) is 0.